The Bertz CT molecular complexity index is 588. The van der Waals surface area contributed by atoms with Crippen molar-refractivity contribution in [2.75, 3.05) is 19.6 Å². The second-order valence-electron chi connectivity index (χ2n) is 8.41. The predicted molar refractivity (Wildman–Crippen MR) is 98.2 cm³/mol. The number of piperidine rings is 2. The van der Waals surface area contributed by atoms with Gasteiger partial charge in [0.1, 0.15) is 5.82 Å². The molecule has 4 heteroatoms. The van der Waals surface area contributed by atoms with Crippen LogP contribution in [0.25, 0.3) is 0 Å². The van der Waals surface area contributed by atoms with Gasteiger partial charge in [-0.15, -0.1) is 0 Å². The van der Waals surface area contributed by atoms with Crippen LogP contribution < -0.4 is 5.32 Å². The molecule has 138 valence electrons. The van der Waals surface area contributed by atoms with Crippen LogP contribution in [0.2, 0.25) is 0 Å². The van der Waals surface area contributed by atoms with Gasteiger partial charge in [-0.2, -0.15) is 0 Å². The number of rotatable bonds is 4. The molecule has 0 saturated carbocycles. The molecule has 0 aliphatic carbocycles. The van der Waals surface area contributed by atoms with Gasteiger partial charge in [0.25, 0.3) is 0 Å². The molecule has 3 nitrogen and oxygen atoms in total. The first-order chi connectivity index (χ1) is 12.1. The number of hydrogen-bond acceptors (Lipinski definition) is 3. The van der Waals surface area contributed by atoms with Crippen LogP contribution in [0.4, 0.5) is 4.39 Å². The van der Waals surface area contributed by atoms with Crippen LogP contribution in [0.5, 0.6) is 0 Å². The van der Waals surface area contributed by atoms with Gasteiger partial charge in [0.15, 0.2) is 0 Å². The number of aliphatic hydroxyl groups excluding tert-OH is 1. The van der Waals surface area contributed by atoms with Crippen LogP contribution >= 0.6 is 0 Å². The molecule has 25 heavy (non-hydrogen) atoms. The smallest absolute Gasteiger partial charge is 0.126 e. The summed E-state index contributed by atoms with van der Waals surface area (Å²) in [5.74, 6) is 0.899. The molecule has 2 N–H and O–H groups in total. The van der Waals surface area contributed by atoms with Crippen LogP contribution in [0.15, 0.2) is 18.2 Å². The van der Waals surface area contributed by atoms with Crippen molar-refractivity contribution in [3.8, 4) is 0 Å². The molecule has 0 amide bonds. The van der Waals surface area contributed by atoms with Crippen LogP contribution in [-0.4, -0.2) is 47.8 Å². The molecule has 3 fully saturated rings. The van der Waals surface area contributed by atoms with Gasteiger partial charge < -0.3 is 10.4 Å². The topological polar surface area (TPSA) is 35.5 Å². The van der Waals surface area contributed by atoms with Crippen molar-refractivity contribution >= 4 is 0 Å². The number of benzene rings is 1. The quantitative estimate of drug-likeness (QED) is 0.879. The monoisotopic (exact) mass is 346 g/mol. The predicted octanol–water partition coefficient (Wildman–Crippen LogP) is 3.21. The molecule has 4 rings (SSSR count). The molecule has 3 aliphatic heterocycles. The lowest BCUT2D eigenvalue weighted by Crippen LogP contribution is -2.48. The first-order valence-electron chi connectivity index (χ1n) is 10.0. The highest BCUT2D eigenvalue weighted by molar-refractivity contribution is 5.28. The van der Waals surface area contributed by atoms with E-state index in [-0.39, 0.29) is 11.9 Å². The van der Waals surface area contributed by atoms with Crippen LogP contribution in [0.1, 0.15) is 55.6 Å². The molecule has 1 aromatic carbocycles. The Balaban J connectivity index is 1.40. The van der Waals surface area contributed by atoms with E-state index in [4.69, 9.17) is 0 Å². The van der Waals surface area contributed by atoms with Crippen molar-refractivity contribution in [3.05, 3.63) is 35.1 Å². The summed E-state index contributed by atoms with van der Waals surface area (Å²) >= 11 is 0. The average molecular weight is 346 g/mol. The summed E-state index contributed by atoms with van der Waals surface area (Å²) in [5.41, 5.74) is 2.06. The molecule has 3 saturated heterocycles. The van der Waals surface area contributed by atoms with E-state index >= 15 is 0 Å². The van der Waals surface area contributed by atoms with Gasteiger partial charge in [-0.1, -0.05) is 12.1 Å². The van der Waals surface area contributed by atoms with Gasteiger partial charge in [-0.05, 0) is 87.6 Å². The van der Waals surface area contributed by atoms with Crippen molar-refractivity contribution in [1.29, 1.82) is 0 Å². The molecule has 1 aromatic rings. The highest BCUT2D eigenvalue weighted by atomic mass is 19.1. The average Bonchev–Trinajstić information content (AvgIpc) is 2.86. The number of nitrogens with zero attached hydrogens (tertiary/aromatic N) is 1. The SMILES string of the molecule is Cc1cc(C2C[C@H]3CC[C@@H](C2)N3CC(O)C2CCNCC2)ccc1F. The van der Waals surface area contributed by atoms with E-state index in [1.165, 1.54) is 18.4 Å². The molecule has 0 aromatic heterocycles. The van der Waals surface area contributed by atoms with E-state index in [2.05, 4.69) is 10.2 Å². The Hall–Kier alpha value is -0.970. The summed E-state index contributed by atoms with van der Waals surface area (Å²) < 4.78 is 13.6. The minimum absolute atomic E-state index is 0.103. The second-order valence-corrected chi connectivity index (χ2v) is 8.41. The third kappa shape index (κ3) is 3.62. The van der Waals surface area contributed by atoms with E-state index in [0.29, 0.717) is 23.9 Å². The zero-order chi connectivity index (χ0) is 17.4. The molecular formula is C21H31FN2O. The lowest BCUT2D eigenvalue weighted by Gasteiger charge is -2.41. The number of hydrogen-bond donors (Lipinski definition) is 2. The van der Waals surface area contributed by atoms with E-state index in [0.717, 1.165) is 50.9 Å². The van der Waals surface area contributed by atoms with E-state index in [1.807, 2.05) is 19.1 Å². The highest BCUT2D eigenvalue weighted by Gasteiger charge is 2.42. The van der Waals surface area contributed by atoms with Crippen molar-refractivity contribution in [2.45, 2.75) is 69.6 Å². The molecule has 3 heterocycles. The molecule has 3 aliphatic rings. The zero-order valence-electron chi connectivity index (χ0n) is 15.3. The van der Waals surface area contributed by atoms with Crippen molar-refractivity contribution in [2.24, 2.45) is 5.92 Å². The Morgan fingerprint density at radius 1 is 1.16 bits per heavy atom. The lowest BCUT2D eigenvalue weighted by molar-refractivity contribution is 0.0177. The first kappa shape index (κ1) is 17.4. The van der Waals surface area contributed by atoms with E-state index < -0.39 is 0 Å². The summed E-state index contributed by atoms with van der Waals surface area (Å²) in [6.07, 6.45) is 6.82. The summed E-state index contributed by atoms with van der Waals surface area (Å²) in [6, 6.07) is 6.82. The fourth-order valence-corrected chi connectivity index (χ4v) is 5.36. The van der Waals surface area contributed by atoms with Crippen molar-refractivity contribution < 1.29 is 9.50 Å². The van der Waals surface area contributed by atoms with Crippen LogP contribution in [-0.2, 0) is 0 Å². The lowest BCUT2D eigenvalue weighted by atomic mass is 9.83. The minimum atomic E-state index is -0.185. The molecule has 4 atom stereocenters. The normalized spacial score (nSPS) is 32.0. The summed E-state index contributed by atoms with van der Waals surface area (Å²) in [6.45, 7) is 4.79. The zero-order valence-corrected chi connectivity index (χ0v) is 15.3. The maximum Gasteiger partial charge on any atom is 0.126 e. The van der Waals surface area contributed by atoms with E-state index in [9.17, 15) is 9.50 Å². The molecular weight excluding hydrogens is 315 g/mol. The Morgan fingerprint density at radius 3 is 2.48 bits per heavy atom. The van der Waals surface area contributed by atoms with Gasteiger partial charge in [0.05, 0.1) is 6.10 Å². The van der Waals surface area contributed by atoms with Crippen molar-refractivity contribution in [3.63, 3.8) is 0 Å². The Morgan fingerprint density at radius 2 is 1.84 bits per heavy atom. The summed E-state index contributed by atoms with van der Waals surface area (Å²) in [4.78, 5) is 2.60. The van der Waals surface area contributed by atoms with Gasteiger partial charge in [0.2, 0.25) is 0 Å². The molecule has 0 radical (unpaired) electrons. The maximum absolute atomic E-state index is 13.6. The fourth-order valence-electron chi connectivity index (χ4n) is 5.36. The van der Waals surface area contributed by atoms with Gasteiger partial charge in [-0.25, -0.2) is 4.39 Å². The molecule has 0 spiro atoms. The summed E-state index contributed by atoms with van der Waals surface area (Å²) in [7, 11) is 0. The Labute approximate surface area is 150 Å². The molecule has 2 bridgehead atoms. The third-order valence-corrected chi connectivity index (χ3v) is 6.86. The van der Waals surface area contributed by atoms with Crippen LogP contribution in [0.3, 0.4) is 0 Å². The number of aryl methyl sites for hydroxylation is 1. The van der Waals surface area contributed by atoms with Crippen LogP contribution in [0, 0.1) is 18.7 Å². The fraction of sp³-hybridized carbons (Fsp3) is 0.714. The number of aliphatic hydroxyl groups is 1. The second kappa shape index (κ2) is 7.34. The summed E-state index contributed by atoms with van der Waals surface area (Å²) in [5, 5.41) is 14.1. The van der Waals surface area contributed by atoms with Gasteiger partial charge >= 0.3 is 0 Å². The van der Waals surface area contributed by atoms with Crippen molar-refractivity contribution in [1.82, 2.24) is 10.2 Å². The minimum Gasteiger partial charge on any atom is -0.392 e. The first-order valence-corrected chi connectivity index (χ1v) is 10.0. The standard InChI is InChI=1S/C21H31FN2O/c1-14-10-16(2-5-20(14)22)17-11-18-3-4-19(12-17)24(18)13-21(25)15-6-8-23-9-7-15/h2,5,10,15,17-19,21,23,25H,3-4,6-9,11-13H2,1H3/t17?,18-,19+,21?. The number of nitrogens with one attached hydrogen (secondary N) is 1. The number of fused-ring (bicyclic) bond motifs is 2. The Kier molecular flexibility index (Phi) is 5.12. The number of halogens is 1. The molecule has 2 unspecified atom stereocenters. The highest BCUT2D eigenvalue weighted by Crippen LogP contribution is 2.43. The van der Waals surface area contributed by atoms with Gasteiger partial charge in [0, 0.05) is 18.6 Å². The maximum atomic E-state index is 13.6. The third-order valence-electron chi connectivity index (χ3n) is 6.86. The van der Waals surface area contributed by atoms with E-state index in [1.54, 1.807) is 6.07 Å². The van der Waals surface area contributed by atoms with Gasteiger partial charge in [-0.3, -0.25) is 4.90 Å². The largest absolute Gasteiger partial charge is 0.392 e.